The third-order valence-corrected chi connectivity index (χ3v) is 7.60. The molecule has 0 radical (unpaired) electrons. The Morgan fingerprint density at radius 1 is 1.24 bits per heavy atom. The number of rotatable bonds is 3. The van der Waals surface area contributed by atoms with Crippen molar-refractivity contribution in [1.29, 1.82) is 0 Å². The lowest BCUT2D eigenvalue weighted by Crippen LogP contribution is -2.58. The molecule has 1 aromatic rings. The van der Waals surface area contributed by atoms with E-state index in [1.165, 1.54) is 11.3 Å². The van der Waals surface area contributed by atoms with Crippen molar-refractivity contribution in [1.82, 2.24) is 20.5 Å². The number of nitrogens with zero attached hydrogens (tertiary/aromatic N) is 2. The molecule has 0 unspecified atom stereocenters. The minimum atomic E-state index is -3.30. The number of alkyl carbamates (subject to hydrolysis) is 1. The first-order chi connectivity index (χ1) is 13.4. The largest absolute Gasteiger partial charge is 0.444 e. The van der Waals surface area contributed by atoms with Crippen LogP contribution in [0.25, 0.3) is 0 Å². The maximum Gasteiger partial charge on any atom is 0.407 e. The summed E-state index contributed by atoms with van der Waals surface area (Å²) in [7, 11) is -1.29. The summed E-state index contributed by atoms with van der Waals surface area (Å²) in [4.78, 5) is 32.6. The molecule has 2 aliphatic rings. The van der Waals surface area contributed by atoms with Crippen molar-refractivity contribution in [3.63, 3.8) is 0 Å². The van der Waals surface area contributed by atoms with E-state index in [9.17, 15) is 18.0 Å². The molecule has 3 heterocycles. The number of nitrogens with one attached hydrogen (secondary N) is 2. The number of ether oxygens (including phenoxy) is 1. The van der Waals surface area contributed by atoms with Gasteiger partial charge in [-0.1, -0.05) is 0 Å². The van der Waals surface area contributed by atoms with Gasteiger partial charge in [0.1, 0.15) is 5.60 Å². The van der Waals surface area contributed by atoms with Crippen LogP contribution in [0.2, 0.25) is 0 Å². The van der Waals surface area contributed by atoms with Gasteiger partial charge in [-0.05, 0) is 34.2 Å². The van der Waals surface area contributed by atoms with Gasteiger partial charge in [0.25, 0.3) is 5.91 Å². The highest BCUT2D eigenvalue weighted by Crippen LogP contribution is 2.25. The lowest BCUT2D eigenvalue weighted by atomic mass is 10.1. The third-order valence-electron chi connectivity index (χ3n) is 4.79. The van der Waals surface area contributed by atoms with Crippen molar-refractivity contribution in [3.05, 3.63) is 15.6 Å². The van der Waals surface area contributed by atoms with Crippen LogP contribution in [0.3, 0.4) is 0 Å². The predicted molar refractivity (Wildman–Crippen MR) is 110 cm³/mol. The summed E-state index contributed by atoms with van der Waals surface area (Å²) >= 11 is 1.33. The van der Waals surface area contributed by atoms with Crippen LogP contribution in [0.5, 0.6) is 0 Å². The third kappa shape index (κ3) is 5.89. The molecule has 2 amide bonds. The number of carbonyl (C=O) groups excluding carboxylic acids is 2. The van der Waals surface area contributed by atoms with Crippen molar-refractivity contribution in [2.45, 2.75) is 57.8 Å². The van der Waals surface area contributed by atoms with Gasteiger partial charge in [0, 0.05) is 24.4 Å². The fourth-order valence-corrected chi connectivity index (χ4v) is 6.14. The van der Waals surface area contributed by atoms with E-state index < -0.39 is 39.5 Å². The van der Waals surface area contributed by atoms with Gasteiger partial charge in [-0.25, -0.2) is 18.2 Å². The number of thiazole rings is 1. The maximum atomic E-state index is 12.8. The zero-order valence-electron chi connectivity index (χ0n) is 17.1. The second-order valence-electron chi connectivity index (χ2n) is 8.61. The van der Waals surface area contributed by atoms with Crippen LogP contribution >= 0.6 is 11.3 Å². The molecular formula is C18H28N4O5S2. The van der Waals surface area contributed by atoms with E-state index in [4.69, 9.17) is 4.74 Å². The Hall–Kier alpha value is -1.72. The van der Waals surface area contributed by atoms with Gasteiger partial charge in [0.05, 0.1) is 29.3 Å². The summed E-state index contributed by atoms with van der Waals surface area (Å²) in [5.74, 6) is -0.685. The summed E-state index contributed by atoms with van der Waals surface area (Å²) in [5, 5.41) is 5.81. The smallest absolute Gasteiger partial charge is 0.407 e. The summed E-state index contributed by atoms with van der Waals surface area (Å²) < 4.78 is 29.5. The number of likely N-dealkylation sites (N-methyl/N-ethyl adjacent to an activating group) is 1. The monoisotopic (exact) mass is 444 g/mol. The minimum absolute atomic E-state index is 0.0439. The van der Waals surface area contributed by atoms with Crippen LogP contribution in [-0.4, -0.2) is 73.1 Å². The average Bonchev–Trinajstić information content (AvgIpc) is 2.98. The molecule has 3 rings (SSSR count). The normalized spacial score (nSPS) is 24.4. The molecule has 0 aliphatic carbocycles. The van der Waals surface area contributed by atoms with E-state index in [2.05, 4.69) is 20.5 Å². The van der Waals surface area contributed by atoms with Gasteiger partial charge in [-0.3, -0.25) is 4.79 Å². The number of hydrogen-bond acceptors (Lipinski definition) is 8. The fourth-order valence-electron chi connectivity index (χ4n) is 3.41. The molecule has 2 N–H and O–H groups in total. The molecule has 11 heteroatoms. The average molecular weight is 445 g/mol. The van der Waals surface area contributed by atoms with E-state index in [1.54, 1.807) is 20.8 Å². The lowest BCUT2D eigenvalue weighted by Gasteiger charge is -2.33. The second kappa shape index (κ2) is 8.19. The molecule has 0 aromatic carbocycles. The number of hydrogen-bond donors (Lipinski definition) is 2. The molecular weight excluding hydrogens is 416 g/mol. The second-order valence-corrected chi connectivity index (χ2v) is 11.9. The highest BCUT2D eigenvalue weighted by molar-refractivity contribution is 7.91. The van der Waals surface area contributed by atoms with E-state index in [-0.39, 0.29) is 17.9 Å². The molecule has 1 fully saturated rings. The Bertz CT molecular complexity index is 891. The standard InChI is InChI=1S/C18H28N4O5S2/c1-18(2,3)27-17(24)21-11-6-8-29(25,26)10-13(11)19-15(23)16-20-12-5-7-22(4)9-14(12)28-16/h11,13H,5-10H2,1-4H3,(H,19,23)(H,21,24)/t11-,13-/m0/s1. The lowest BCUT2D eigenvalue weighted by molar-refractivity contribution is 0.0488. The molecule has 162 valence electrons. The summed E-state index contributed by atoms with van der Waals surface area (Å²) in [6.07, 6.45) is 0.371. The van der Waals surface area contributed by atoms with E-state index in [0.29, 0.717) is 5.01 Å². The zero-order chi connectivity index (χ0) is 21.4. The predicted octanol–water partition coefficient (Wildman–Crippen LogP) is 0.941. The van der Waals surface area contributed by atoms with Crippen LogP contribution in [-0.2, 0) is 27.5 Å². The number of amides is 2. The Kier molecular flexibility index (Phi) is 6.21. The number of sulfone groups is 1. The molecule has 0 spiro atoms. The molecule has 1 aromatic heterocycles. The number of carbonyl (C=O) groups is 2. The van der Waals surface area contributed by atoms with Crippen molar-refractivity contribution >= 4 is 33.2 Å². The highest BCUT2D eigenvalue weighted by atomic mass is 32.2. The van der Waals surface area contributed by atoms with Crippen LogP contribution in [0, 0.1) is 0 Å². The van der Waals surface area contributed by atoms with E-state index in [1.807, 2.05) is 7.05 Å². The first-order valence-electron chi connectivity index (χ1n) is 9.60. The Morgan fingerprint density at radius 3 is 2.66 bits per heavy atom. The Morgan fingerprint density at radius 2 is 1.97 bits per heavy atom. The van der Waals surface area contributed by atoms with E-state index in [0.717, 1.165) is 30.1 Å². The quantitative estimate of drug-likeness (QED) is 0.712. The molecule has 1 saturated heterocycles. The molecule has 2 atom stereocenters. The van der Waals surface area contributed by atoms with Gasteiger partial charge >= 0.3 is 6.09 Å². The number of fused-ring (bicyclic) bond motifs is 1. The maximum absolute atomic E-state index is 12.8. The van der Waals surface area contributed by atoms with Crippen LogP contribution in [0.15, 0.2) is 0 Å². The topological polar surface area (TPSA) is 118 Å². The summed E-state index contributed by atoms with van der Waals surface area (Å²) in [5.41, 5.74) is 0.259. The van der Waals surface area contributed by atoms with E-state index >= 15 is 0 Å². The van der Waals surface area contributed by atoms with Crippen molar-refractivity contribution in [2.75, 3.05) is 25.1 Å². The first kappa shape index (κ1) is 22.0. The summed E-state index contributed by atoms with van der Waals surface area (Å²) in [6, 6.07) is -1.27. The molecule has 2 aliphatic heterocycles. The van der Waals surface area contributed by atoms with Crippen molar-refractivity contribution in [2.24, 2.45) is 0 Å². The SMILES string of the molecule is CN1CCc2nc(C(=O)N[C@H]3CS(=O)(=O)CC[C@@H]3NC(=O)OC(C)(C)C)sc2C1. The minimum Gasteiger partial charge on any atom is -0.444 e. The Balaban J connectivity index is 1.71. The van der Waals surface area contributed by atoms with Gasteiger partial charge in [0.15, 0.2) is 14.8 Å². The molecule has 0 bridgehead atoms. The van der Waals surface area contributed by atoms with Crippen LogP contribution < -0.4 is 10.6 Å². The first-order valence-corrected chi connectivity index (χ1v) is 12.2. The summed E-state index contributed by atoms with van der Waals surface area (Å²) in [6.45, 7) is 6.89. The van der Waals surface area contributed by atoms with Gasteiger partial charge in [-0.2, -0.15) is 0 Å². The van der Waals surface area contributed by atoms with Crippen molar-refractivity contribution < 1.29 is 22.7 Å². The highest BCUT2D eigenvalue weighted by Gasteiger charge is 2.36. The fraction of sp³-hybridized carbons (Fsp3) is 0.722. The van der Waals surface area contributed by atoms with Gasteiger partial charge < -0.3 is 20.3 Å². The Labute approximate surface area is 175 Å². The zero-order valence-corrected chi connectivity index (χ0v) is 18.8. The van der Waals surface area contributed by atoms with Crippen molar-refractivity contribution in [3.8, 4) is 0 Å². The van der Waals surface area contributed by atoms with Crippen LogP contribution in [0.4, 0.5) is 4.79 Å². The molecule has 29 heavy (non-hydrogen) atoms. The van der Waals surface area contributed by atoms with Gasteiger partial charge in [0.2, 0.25) is 0 Å². The van der Waals surface area contributed by atoms with Crippen LogP contribution in [0.1, 0.15) is 47.6 Å². The molecule has 9 nitrogen and oxygen atoms in total. The number of aromatic nitrogens is 1. The molecule has 0 saturated carbocycles. The van der Waals surface area contributed by atoms with Gasteiger partial charge in [-0.15, -0.1) is 11.3 Å².